The number of aryl methyl sites for hydroxylation is 2. The first kappa shape index (κ1) is 12.8. The third-order valence-electron chi connectivity index (χ3n) is 2.59. The first-order valence-corrected chi connectivity index (χ1v) is 5.47. The van der Waals surface area contributed by atoms with Crippen LogP contribution >= 0.6 is 0 Å². The maximum absolute atomic E-state index is 10.7. The van der Waals surface area contributed by atoms with Crippen LogP contribution in [0.15, 0.2) is 12.1 Å². The number of ether oxygens (including phenoxy) is 1. The van der Waals surface area contributed by atoms with Crippen molar-refractivity contribution in [3.63, 3.8) is 0 Å². The van der Waals surface area contributed by atoms with Crippen molar-refractivity contribution < 1.29 is 14.6 Å². The Kier molecular flexibility index (Phi) is 3.32. The van der Waals surface area contributed by atoms with Gasteiger partial charge in [0.1, 0.15) is 23.7 Å². The second-order valence-electron chi connectivity index (χ2n) is 3.92. The van der Waals surface area contributed by atoms with Crippen LogP contribution in [-0.4, -0.2) is 31.2 Å². The molecule has 0 atom stereocenters. The molecule has 8 nitrogen and oxygen atoms in total. The van der Waals surface area contributed by atoms with Gasteiger partial charge in [0.05, 0.1) is 11.4 Å². The maximum Gasteiger partial charge on any atom is 0.404 e. The van der Waals surface area contributed by atoms with Crippen LogP contribution in [0, 0.1) is 6.92 Å². The quantitative estimate of drug-likeness (QED) is 0.832. The van der Waals surface area contributed by atoms with Gasteiger partial charge in [-0.15, -0.1) is 5.10 Å². The molecule has 0 radical (unpaired) electrons. The lowest BCUT2D eigenvalue weighted by atomic mass is 10.2. The normalized spacial score (nSPS) is 10.4. The Morgan fingerprint density at radius 1 is 1.53 bits per heavy atom. The second-order valence-corrected chi connectivity index (χ2v) is 3.92. The summed E-state index contributed by atoms with van der Waals surface area (Å²) in [6.45, 7) is 1.63. The molecule has 0 aromatic carbocycles. The van der Waals surface area contributed by atoms with Crippen molar-refractivity contribution in [3.05, 3.63) is 23.5 Å². The Hall–Kier alpha value is -2.64. The number of carbonyl (C=O) groups is 1. The molecule has 0 aliphatic carbocycles. The smallest absolute Gasteiger partial charge is 0.404 e. The summed E-state index contributed by atoms with van der Waals surface area (Å²) < 4.78 is 6.22. The molecule has 2 aromatic heterocycles. The minimum atomic E-state index is -0.873. The van der Waals surface area contributed by atoms with E-state index in [2.05, 4.69) is 15.3 Å². The third kappa shape index (κ3) is 2.62. The Bertz CT molecular complexity index is 623. The lowest BCUT2D eigenvalue weighted by molar-refractivity contribution is 0.147. The van der Waals surface area contributed by atoms with Gasteiger partial charge in [-0.3, -0.25) is 0 Å². The van der Waals surface area contributed by atoms with Crippen molar-refractivity contribution in [1.29, 1.82) is 0 Å². The molecule has 2 rings (SSSR count). The number of amides is 1. The summed E-state index contributed by atoms with van der Waals surface area (Å²) in [5.74, 6) is 0.0996. The lowest BCUT2D eigenvalue weighted by Crippen LogP contribution is -2.14. The SMILES string of the molecule is Cc1nc(-c2nnn(C)c2COC(N)=O)ccc1O. The molecule has 8 heteroatoms. The van der Waals surface area contributed by atoms with Crippen LogP contribution in [0.1, 0.15) is 11.4 Å². The van der Waals surface area contributed by atoms with E-state index in [1.54, 1.807) is 20.0 Å². The predicted octanol–water partition coefficient (Wildman–Crippen LogP) is 0.486. The fourth-order valence-electron chi connectivity index (χ4n) is 1.56. The summed E-state index contributed by atoms with van der Waals surface area (Å²) >= 11 is 0. The van der Waals surface area contributed by atoms with Gasteiger partial charge in [0.2, 0.25) is 0 Å². The van der Waals surface area contributed by atoms with Crippen LogP contribution < -0.4 is 5.73 Å². The van der Waals surface area contributed by atoms with Gasteiger partial charge in [0.25, 0.3) is 0 Å². The molecule has 0 unspecified atom stereocenters. The number of nitrogens with two attached hydrogens (primary N) is 1. The number of pyridine rings is 1. The monoisotopic (exact) mass is 263 g/mol. The van der Waals surface area contributed by atoms with E-state index in [4.69, 9.17) is 10.5 Å². The van der Waals surface area contributed by atoms with Crippen LogP contribution in [0.5, 0.6) is 5.75 Å². The van der Waals surface area contributed by atoms with E-state index in [0.29, 0.717) is 22.8 Å². The Morgan fingerprint density at radius 3 is 2.89 bits per heavy atom. The Morgan fingerprint density at radius 2 is 2.26 bits per heavy atom. The second kappa shape index (κ2) is 4.92. The van der Waals surface area contributed by atoms with Gasteiger partial charge < -0.3 is 15.6 Å². The third-order valence-corrected chi connectivity index (χ3v) is 2.59. The summed E-state index contributed by atoms with van der Waals surface area (Å²) in [7, 11) is 1.67. The molecule has 19 heavy (non-hydrogen) atoms. The number of aromatic hydroxyl groups is 1. The molecule has 0 aliphatic heterocycles. The predicted molar refractivity (Wildman–Crippen MR) is 65.0 cm³/mol. The molecule has 0 aliphatic rings. The molecule has 2 aromatic rings. The minimum Gasteiger partial charge on any atom is -0.506 e. The van der Waals surface area contributed by atoms with Gasteiger partial charge >= 0.3 is 6.09 Å². The Balaban J connectivity index is 2.38. The topological polar surface area (TPSA) is 116 Å². The largest absolute Gasteiger partial charge is 0.506 e. The van der Waals surface area contributed by atoms with E-state index in [-0.39, 0.29) is 12.4 Å². The summed E-state index contributed by atoms with van der Waals surface area (Å²) in [5.41, 5.74) is 6.99. The zero-order valence-corrected chi connectivity index (χ0v) is 10.5. The fourth-order valence-corrected chi connectivity index (χ4v) is 1.56. The fraction of sp³-hybridized carbons (Fsp3) is 0.273. The minimum absolute atomic E-state index is 0.0459. The standard InChI is InChI=1S/C11H13N5O3/c1-6-9(17)4-3-7(13-6)10-8(5-19-11(12)18)16(2)15-14-10/h3-4,17H,5H2,1-2H3,(H2,12,18). The van der Waals surface area contributed by atoms with E-state index in [9.17, 15) is 9.90 Å². The van der Waals surface area contributed by atoms with Crippen molar-refractivity contribution in [1.82, 2.24) is 20.0 Å². The van der Waals surface area contributed by atoms with Crippen LogP contribution in [-0.2, 0) is 18.4 Å². The van der Waals surface area contributed by atoms with Crippen LogP contribution in [0.3, 0.4) is 0 Å². The van der Waals surface area contributed by atoms with Gasteiger partial charge in [-0.25, -0.2) is 14.5 Å². The highest BCUT2D eigenvalue weighted by atomic mass is 16.5. The molecule has 1 amide bonds. The number of carbonyl (C=O) groups excluding carboxylic acids is 1. The van der Waals surface area contributed by atoms with Crippen molar-refractivity contribution in [2.24, 2.45) is 12.8 Å². The summed E-state index contributed by atoms with van der Waals surface area (Å²) in [6, 6.07) is 3.13. The first-order valence-electron chi connectivity index (χ1n) is 5.47. The lowest BCUT2D eigenvalue weighted by Gasteiger charge is -2.05. The molecule has 0 saturated heterocycles. The Labute approximate surface area is 108 Å². The van der Waals surface area contributed by atoms with Crippen molar-refractivity contribution in [3.8, 4) is 17.1 Å². The molecule has 3 N–H and O–H groups in total. The van der Waals surface area contributed by atoms with Crippen LogP contribution in [0.2, 0.25) is 0 Å². The van der Waals surface area contributed by atoms with E-state index in [1.807, 2.05) is 0 Å². The van der Waals surface area contributed by atoms with Crippen molar-refractivity contribution in [2.75, 3.05) is 0 Å². The van der Waals surface area contributed by atoms with E-state index in [0.717, 1.165) is 0 Å². The zero-order valence-electron chi connectivity index (χ0n) is 10.5. The number of hydrogen-bond acceptors (Lipinski definition) is 6. The van der Waals surface area contributed by atoms with Gasteiger partial charge in [-0.05, 0) is 19.1 Å². The van der Waals surface area contributed by atoms with Gasteiger partial charge in [0, 0.05) is 7.05 Å². The molecule has 2 heterocycles. The van der Waals surface area contributed by atoms with Crippen LogP contribution in [0.4, 0.5) is 4.79 Å². The summed E-state index contributed by atoms with van der Waals surface area (Å²) in [6.07, 6.45) is -0.873. The van der Waals surface area contributed by atoms with Gasteiger partial charge in [0.15, 0.2) is 0 Å². The molecule has 0 saturated carbocycles. The molecule has 0 fully saturated rings. The number of primary amides is 1. The number of nitrogens with zero attached hydrogens (tertiary/aromatic N) is 4. The first-order chi connectivity index (χ1) is 8.99. The molecular formula is C11H13N5O3. The maximum atomic E-state index is 10.7. The summed E-state index contributed by atoms with van der Waals surface area (Å²) in [5, 5.41) is 17.3. The van der Waals surface area contributed by atoms with Crippen molar-refractivity contribution in [2.45, 2.75) is 13.5 Å². The van der Waals surface area contributed by atoms with E-state index < -0.39 is 6.09 Å². The number of aromatic nitrogens is 4. The number of rotatable bonds is 3. The highest BCUT2D eigenvalue weighted by molar-refractivity contribution is 5.65. The van der Waals surface area contributed by atoms with Crippen LogP contribution in [0.25, 0.3) is 11.4 Å². The average molecular weight is 263 g/mol. The molecule has 0 spiro atoms. The highest BCUT2D eigenvalue weighted by Gasteiger charge is 2.16. The van der Waals surface area contributed by atoms with Gasteiger partial charge in [-0.2, -0.15) is 0 Å². The van der Waals surface area contributed by atoms with Gasteiger partial charge in [-0.1, -0.05) is 5.21 Å². The van der Waals surface area contributed by atoms with E-state index in [1.165, 1.54) is 10.7 Å². The highest BCUT2D eigenvalue weighted by Crippen LogP contribution is 2.23. The molecule has 0 bridgehead atoms. The molecular weight excluding hydrogens is 250 g/mol. The summed E-state index contributed by atoms with van der Waals surface area (Å²) in [4.78, 5) is 14.9. The zero-order chi connectivity index (χ0) is 14.0. The average Bonchev–Trinajstić information content (AvgIpc) is 2.71. The van der Waals surface area contributed by atoms with Crippen molar-refractivity contribution >= 4 is 6.09 Å². The number of hydrogen-bond donors (Lipinski definition) is 2. The van der Waals surface area contributed by atoms with E-state index >= 15 is 0 Å². The molecule has 100 valence electrons.